The van der Waals surface area contributed by atoms with E-state index in [4.69, 9.17) is 17.0 Å². The van der Waals surface area contributed by atoms with Crippen LogP contribution in [0.2, 0.25) is 13.1 Å². The van der Waals surface area contributed by atoms with E-state index in [-0.39, 0.29) is 0 Å². The van der Waals surface area contributed by atoms with Crippen LogP contribution in [-0.2, 0) is 46.5 Å². The summed E-state index contributed by atoms with van der Waals surface area (Å²) in [6.45, 7) is 13.1. The molecule has 0 bridgehead atoms. The summed E-state index contributed by atoms with van der Waals surface area (Å²) in [5.74, 6) is 0. The van der Waals surface area contributed by atoms with Crippen molar-refractivity contribution in [3.05, 3.63) is 154 Å². The van der Waals surface area contributed by atoms with E-state index in [0.29, 0.717) is 0 Å². The van der Waals surface area contributed by atoms with Crippen molar-refractivity contribution < 1.29 is 20.8 Å². The Bertz CT molecular complexity index is 1560. The molecule has 0 amide bonds. The maximum atomic E-state index is 4.93. The van der Waals surface area contributed by atoms with Crippen LogP contribution in [-0.4, -0.2) is 9.52 Å². The molecule has 0 aliphatic carbocycles. The van der Waals surface area contributed by atoms with Gasteiger partial charge in [0, 0.05) is 9.52 Å². The van der Waals surface area contributed by atoms with Crippen molar-refractivity contribution in [2.75, 3.05) is 0 Å². The fourth-order valence-electron chi connectivity index (χ4n) is 5.58. The molecule has 0 aromatic heterocycles. The van der Waals surface area contributed by atoms with Crippen LogP contribution in [0, 0.1) is 27.7 Å². The number of halogens is 2. The summed E-state index contributed by atoms with van der Waals surface area (Å²) >= 11 is -0.826. The molecule has 0 unspecified atom stereocenters. The minimum absolute atomic E-state index is 0.826. The third-order valence-corrected chi connectivity index (χ3v) is 7.73. The number of aryl methyl sites for hydroxylation is 8. The van der Waals surface area contributed by atoms with Gasteiger partial charge in [-0.1, -0.05) is 125 Å². The first-order chi connectivity index (χ1) is 21.3. The van der Waals surface area contributed by atoms with E-state index in [2.05, 4.69) is 150 Å². The second-order valence-electron chi connectivity index (χ2n) is 11.3. The van der Waals surface area contributed by atoms with Crippen LogP contribution in [0.1, 0.15) is 44.5 Å². The Balaban J connectivity index is 0.000000204. The van der Waals surface area contributed by atoms with Crippen LogP contribution in [0.25, 0.3) is 21.5 Å². The fraction of sp³-hybridized carbons (Fsp3) is 0.250. The first-order valence-corrected chi connectivity index (χ1v) is 23.6. The monoisotopic (exact) mass is 712 g/mol. The van der Waals surface area contributed by atoms with Gasteiger partial charge in [0.05, 0.1) is 0 Å². The van der Waals surface area contributed by atoms with Gasteiger partial charge in [-0.05, 0) is 36.8 Å². The van der Waals surface area contributed by atoms with Gasteiger partial charge in [0.15, 0.2) is 0 Å². The van der Waals surface area contributed by atoms with E-state index in [1.54, 1.807) is 0 Å². The van der Waals surface area contributed by atoms with Crippen LogP contribution < -0.4 is 0 Å². The summed E-state index contributed by atoms with van der Waals surface area (Å²) in [5, 5.41) is 5.72. The Labute approximate surface area is 287 Å². The first-order valence-electron chi connectivity index (χ1n) is 15.2. The van der Waals surface area contributed by atoms with Gasteiger partial charge >= 0.3 is 37.9 Å². The van der Waals surface area contributed by atoms with E-state index >= 15 is 0 Å². The Morgan fingerprint density at radius 1 is 0.545 bits per heavy atom. The zero-order chi connectivity index (χ0) is 31.9. The SMILES string of the molecule is C[Si]C.Cc1cc2c(CCc3ccccc3)ccc(C)c2[cH-]1.Cc1cc2c(CCc3ccccc3)ccc(C)c2[cH-]1.[Cl][Zr+2][Cl]. The van der Waals surface area contributed by atoms with Crippen molar-refractivity contribution in [3.8, 4) is 0 Å². The summed E-state index contributed by atoms with van der Waals surface area (Å²) in [6, 6.07) is 39.8. The fourth-order valence-corrected chi connectivity index (χ4v) is 5.58. The summed E-state index contributed by atoms with van der Waals surface area (Å²) in [4.78, 5) is 0. The van der Waals surface area contributed by atoms with Crippen LogP contribution in [0.4, 0.5) is 0 Å². The van der Waals surface area contributed by atoms with Crippen molar-refractivity contribution in [2.24, 2.45) is 0 Å². The van der Waals surface area contributed by atoms with Crippen molar-refractivity contribution in [1.29, 1.82) is 0 Å². The summed E-state index contributed by atoms with van der Waals surface area (Å²) in [6.07, 6.45) is 4.46. The molecule has 0 spiro atoms. The topological polar surface area (TPSA) is 0 Å². The molecule has 0 fully saturated rings. The van der Waals surface area contributed by atoms with Crippen LogP contribution >= 0.6 is 17.0 Å². The van der Waals surface area contributed by atoms with Gasteiger partial charge < -0.3 is 0 Å². The molecule has 6 aromatic carbocycles. The van der Waals surface area contributed by atoms with Crippen LogP contribution in [0.3, 0.4) is 0 Å². The van der Waals surface area contributed by atoms with Gasteiger partial charge in [-0.2, -0.15) is 12.1 Å². The van der Waals surface area contributed by atoms with Gasteiger partial charge in [-0.15, -0.1) is 68.1 Å². The molecule has 0 aliphatic heterocycles. The molecule has 2 radical (unpaired) electrons. The zero-order valence-electron chi connectivity index (χ0n) is 27.0. The standard InChI is InChI=1S/2C19H19.C2H6Si.2ClH.Zr/c2*1-14-12-18-15(2)8-10-17(19(18)13-14)11-9-16-6-4-3-5-7-16;1-3-2;;;/h2*3-8,10,12-13H,9,11H2,1-2H3;1-2H3;2*1H;/q2*-1;;;;+4/p-2. The molecule has 6 rings (SSSR count). The van der Waals surface area contributed by atoms with Gasteiger partial charge in [-0.3, -0.25) is 0 Å². The predicted molar refractivity (Wildman–Crippen MR) is 195 cm³/mol. The zero-order valence-corrected chi connectivity index (χ0v) is 31.9. The summed E-state index contributed by atoms with van der Waals surface area (Å²) in [5.41, 5.74) is 11.3. The van der Waals surface area contributed by atoms with Gasteiger partial charge in [0.25, 0.3) is 0 Å². The molecular weight excluding hydrogens is 671 g/mol. The number of fused-ring (bicyclic) bond motifs is 2. The number of benzene rings is 4. The molecule has 4 heteroatoms. The van der Waals surface area contributed by atoms with E-state index in [1.165, 1.54) is 66.1 Å². The molecule has 0 atom stereocenters. The van der Waals surface area contributed by atoms with Crippen molar-refractivity contribution in [2.45, 2.75) is 66.5 Å². The van der Waals surface area contributed by atoms with E-state index in [1.807, 2.05) is 0 Å². The Morgan fingerprint density at radius 3 is 1.23 bits per heavy atom. The second kappa shape index (κ2) is 19.3. The molecular formula is C40H44Cl2SiZr. The molecule has 44 heavy (non-hydrogen) atoms. The van der Waals surface area contributed by atoms with Gasteiger partial charge in [0.1, 0.15) is 0 Å². The molecule has 0 saturated heterocycles. The Hall–Kier alpha value is -2.22. The average molecular weight is 715 g/mol. The van der Waals surface area contributed by atoms with Gasteiger partial charge in [-0.25, -0.2) is 0 Å². The summed E-state index contributed by atoms with van der Waals surface area (Å²) < 4.78 is 0. The number of hydrogen-bond donors (Lipinski definition) is 0. The molecule has 0 N–H and O–H groups in total. The molecule has 0 saturated carbocycles. The van der Waals surface area contributed by atoms with E-state index in [0.717, 1.165) is 35.2 Å². The van der Waals surface area contributed by atoms with Crippen molar-refractivity contribution >= 4 is 48.1 Å². The minimum atomic E-state index is -0.826. The van der Waals surface area contributed by atoms with Gasteiger partial charge in [0.2, 0.25) is 0 Å². The Morgan fingerprint density at radius 2 is 0.886 bits per heavy atom. The predicted octanol–water partition coefficient (Wildman–Crippen LogP) is 12.1. The molecule has 0 heterocycles. The third-order valence-electron chi connectivity index (χ3n) is 7.73. The quantitative estimate of drug-likeness (QED) is 0.119. The van der Waals surface area contributed by atoms with E-state index < -0.39 is 20.8 Å². The normalized spacial score (nSPS) is 10.2. The molecule has 6 aromatic rings. The first kappa shape index (κ1) is 36.3. The van der Waals surface area contributed by atoms with Crippen LogP contribution in [0.5, 0.6) is 0 Å². The summed E-state index contributed by atoms with van der Waals surface area (Å²) in [7, 11) is 11.0. The second-order valence-corrected chi connectivity index (χ2v) is 16.1. The van der Waals surface area contributed by atoms with E-state index in [9.17, 15) is 0 Å². The maximum absolute atomic E-state index is 4.93. The number of rotatable bonds is 6. The average Bonchev–Trinajstić information content (AvgIpc) is 3.62. The van der Waals surface area contributed by atoms with Crippen molar-refractivity contribution in [3.63, 3.8) is 0 Å². The van der Waals surface area contributed by atoms with Crippen LogP contribution in [0.15, 0.2) is 109 Å². The third kappa shape index (κ3) is 11.0. The molecule has 0 aliphatic rings. The molecule has 226 valence electrons. The number of hydrogen-bond acceptors (Lipinski definition) is 0. The molecule has 0 nitrogen and oxygen atoms in total. The van der Waals surface area contributed by atoms with Crippen molar-refractivity contribution in [1.82, 2.24) is 0 Å². The Kier molecular flexibility index (Phi) is 15.9.